The number of Topliss-reactive ketones (excluding diaryl/α,β-unsaturated/α-hetero) is 1. The zero-order valence-corrected chi connectivity index (χ0v) is 19.8. The summed E-state index contributed by atoms with van der Waals surface area (Å²) in [5.74, 6) is -1.29. The maximum atomic E-state index is 13.2. The first-order valence-electron chi connectivity index (χ1n) is 11.1. The van der Waals surface area contributed by atoms with Gasteiger partial charge < -0.3 is 19.6 Å². The molecule has 0 aliphatic carbocycles. The number of likely N-dealkylation sites (tertiary alicyclic amines) is 1. The van der Waals surface area contributed by atoms with Crippen LogP contribution in [0.15, 0.2) is 48.0 Å². The highest BCUT2D eigenvalue weighted by Crippen LogP contribution is 2.40. The Bertz CT molecular complexity index is 1140. The van der Waals surface area contributed by atoms with Gasteiger partial charge in [-0.1, -0.05) is 26.0 Å². The maximum absolute atomic E-state index is 13.2. The fourth-order valence-corrected chi connectivity index (χ4v) is 4.23. The van der Waals surface area contributed by atoms with Gasteiger partial charge in [-0.05, 0) is 49.3 Å². The average molecular weight is 468 g/mol. The van der Waals surface area contributed by atoms with Gasteiger partial charge >= 0.3 is 0 Å². The lowest BCUT2D eigenvalue weighted by Crippen LogP contribution is -2.38. The highest BCUT2D eigenvalue weighted by molar-refractivity contribution is 6.46. The smallest absolute Gasteiger partial charge is 0.295 e. The van der Waals surface area contributed by atoms with Crippen LogP contribution in [0.1, 0.15) is 36.6 Å². The Morgan fingerprint density at radius 3 is 2.47 bits per heavy atom. The molecule has 3 rings (SSSR count). The molecule has 1 aliphatic heterocycles. The van der Waals surface area contributed by atoms with E-state index < -0.39 is 22.7 Å². The number of nitrogens with zero attached hydrogens (tertiary/aromatic N) is 3. The van der Waals surface area contributed by atoms with E-state index in [0.717, 1.165) is 13.1 Å². The minimum absolute atomic E-state index is 0.0849. The standard InChI is InChI=1S/C25H29N3O6/c1-5-26(6-2)12-13-27-22(17-8-7-9-18(15-17)28(32)33)21(24(30)25(27)31)23(29)20-11-10-19(34-4)14-16(20)3/h7-11,14-15,22,29H,5-6,12-13H2,1-4H3/b23-21+/t22-/m0/s1. The molecule has 0 aromatic heterocycles. The molecule has 0 saturated carbocycles. The van der Waals surface area contributed by atoms with Crippen LogP contribution in [0.4, 0.5) is 5.69 Å². The summed E-state index contributed by atoms with van der Waals surface area (Å²) in [5, 5.41) is 22.6. The molecule has 1 fully saturated rings. The average Bonchev–Trinajstić information content (AvgIpc) is 3.09. The van der Waals surface area contributed by atoms with Crippen LogP contribution in [-0.2, 0) is 9.59 Å². The van der Waals surface area contributed by atoms with Crippen molar-refractivity contribution in [3.8, 4) is 5.75 Å². The van der Waals surface area contributed by atoms with Crippen molar-refractivity contribution in [2.24, 2.45) is 0 Å². The number of methoxy groups -OCH3 is 1. The number of carbonyl (C=O) groups excluding carboxylic acids is 2. The van der Waals surface area contributed by atoms with Gasteiger partial charge in [0.1, 0.15) is 11.5 Å². The van der Waals surface area contributed by atoms with Crippen LogP contribution in [0, 0.1) is 17.0 Å². The zero-order valence-electron chi connectivity index (χ0n) is 19.8. The summed E-state index contributed by atoms with van der Waals surface area (Å²) in [6.45, 7) is 8.06. The Morgan fingerprint density at radius 2 is 1.88 bits per heavy atom. The van der Waals surface area contributed by atoms with Gasteiger partial charge in [0.15, 0.2) is 0 Å². The second-order valence-electron chi connectivity index (χ2n) is 8.05. The van der Waals surface area contributed by atoms with E-state index >= 15 is 0 Å². The van der Waals surface area contributed by atoms with Gasteiger partial charge in [0, 0.05) is 30.8 Å². The second-order valence-corrected chi connectivity index (χ2v) is 8.05. The van der Waals surface area contributed by atoms with Crippen LogP contribution >= 0.6 is 0 Å². The fourth-order valence-electron chi connectivity index (χ4n) is 4.23. The van der Waals surface area contributed by atoms with Crippen LogP contribution in [0.25, 0.3) is 5.76 Å². The minimum atomic E-state index is -0.947. The summed E-state index contributed by atoms with van der Waals surface area (Å²) in [4.78, 5) is 40.6. The van der Waals surface area contributed by atoms with Crippen LogP contribution in [0.2, 0.25) is 0 Å². The van der Waals surface area contributed by atoms with Crippen molar-refractivity contribution < 1.29 is 24.4 Å². The van der Waals surface area contributed by atoms with Gasteiger partial charge in [-0.3, -0.25) is 19.7 Å². The lowest BCUT2D eigenvalue weighted by molar-refractivity contribution is -0.384. The van der Waals surface area contributed by atoms with E-state index in [1.807, 2.05) is 13.8 Å². The highest BCUT2D eigenvalue weighted by Gasteiger charge is 2.46. The molecule has 0 radical (unpaired) electrons. The Hall–Kier alpha value is -3.72. The molecule has 1 saturated heterocycles. The third kappa shape index (κ3) is 4.79. The predicted molar refractivity (Wildman–Crippen MR) is 128 cm³/mol. The number of hydrogen-bond acceptors (Lipinski definition) is 7. The van der Waals surface area contributed by atoms with Crippen LogP contribution < -0.4 is 4.74 Å². The summed E-state index contributed by atoms with van der Waals surface area (Å²) in [6.07, 6.45) is 0. The number of ketones is 1. The number of benzene rings is 2. The van der Waals surface area contributed by atoms with E-state index in [0.29, 0.717) is 29.0 Å². The van der Waals surface area contributed by atoms with E-state index in [1.54, 1.807) is 31.2 Å². The Morgan fingerprint density at radius 1 is 1.18 bits per heavy atom. The molecule has 1 amide bonds. The molecule has 9 nitrogen and oxygen atoms in total. The molecule has 9 heteroatoms. The van der Waals surface area contributed by atoms with Crippen molar-refractivity contribution in [1.82, 2.24) is 9.80 Å². The zero-order chi connectivity index (χ0) is 25.0. The fraction of sp³-hybridized carbons (Fsp3) is 0.360. The van der Waals surface area contributed by atoms with Gasteiger partial charge in [0.2, 0.25) is 0 Å². The van der Waals surface area contributed by atoms with Crippen molar-refractivity contribution in [1.29, 1.82) is 0 Å². The molecule has 1 aliphatic rings. The normalized spacial score (nSPS) is 17.4. The van der Waals surface area contributed by atoms with Crippen molar-refractivity contribution in [3.05, 3.63) is 74.8 Å². The number of carbonyl (C=O) groups is 2. The molecule has 0 unspecified atom stereocenters. The van der Waals surface area contributed by atoms with E-state index in [1.165, 1.54) is 30.2 Å². The third-order valence-corrected chi connectivity index (χ3v) is 6.18. The number of likely N-dealkylation sites (N-methyl/N-ethyl adjacent to an activating group) is 1. The Balaban J connectivity index is 2.17. The third-order valence-electron chi connectivity index (χ3n) is 6.18. The molecule has 1 atom stereocenters. The number of aliphatic hydroxyl groups excluding tert-OH is 1. The van der Waals surface area contributed by atoms with Gasteiger partial charge in [-0.25, -0.2) is 0 Å². The lowest BCUT2D eigenvalue weighted by Gasteiger charge is -2.28. The molecule has 2 aromatic rings. The Labute approximate surface area is 198 Å². The lowest BCUT2D eigenvalue weighted by atomic mass is 9.93. The first-order chi connectivity index (χ1) is 16.2. The van der Waals surface area contributed by atoms with Crippen molar-refractivity contribution in [2.75, 3.05) is 33.3 Å². The second kappa shape index (κ2) is 10.5. The molecule has 1 N–H and O–H groups in total. The molecule has 0 spiro atoms. The summed E-state index contributed by atoms with van der Waals surface area (Å²) in [7, 11) is 1.53. The number of aliphatic hydroxyl groups is 1. The number of amides is 1. The molecular weight excluding hydrogens is 438 g/mol. The van der Waals surface area contributed by atoms with Crippen molar-refractivity contribution in [3.63, 3.8) is 0 Å². The molecular formula is C25H29N3O6. The van der Waals surface area contributed by atoms with Crippen molar-refractivity contribution in [2.45, 2.75) is 26.8 Å². The van der Waals surface area contributed by atoms with Crippen LogP contribution in [0.3, 0.4) is 0 Å². The number of ether oxygens (including phenoxy) is 1. The van der Waals surface area contributed by atoms with Crippen LogP contribution in [0.5, 0.6) is 5.75 Å². The van der Waals surface area contributed by atoms with Gasteiger partial charge in [0.05, 0.1) is 23.6 Å². The number of nitro groups is 1. The minimum Gasteiger partial charge on any atom is -0.507 e. The quantitative estimate of drug-likeness (QED) is 0.197. The first kappa shape index (κ1) is 24.9. The van der Waals surface area contributed by atoms with Crippen LogP contribution in [-0.4, -0.2) is 64.8 Å². The first-order valence-corrected chi connectivity index (χ1v) is 11.1. The van der Waals surface area contributed by atoms with Crippen molar-refractivity contribution >= 4 is 23.1 Å². The topological polar surface area (TPSA) is 113 Å². The summed E-state index contributed by atoms with van der Waals surface area (Å²) in [6, 6.07) is 9.87. The number of aryl methyl sites for hydroxylation is 1. The molecule has 1 heterocycles. The molecule has 2 aromatic carbocycles. The maximum Gasteiger partial charge on any atom is 0.295 e. The number of rotatable bonds is 9. The summed E-state index contributed by atoms with van der Waals surface area (Å²) < 4.78 is 5.22. The van der Waals surface area contributed by atoms with Gasteiger partial charge in [0.25, 0.3) is 17.4 Å². The monoisotopic (exact) mass is 467 g/mol. The molecule has 34 heavy (non-hydrogen) atoms. The summed E-state index contributed by atoms with van der Waals surface area (Å²) >= 11 is 0. The van der Waals surface area contributed by atoms with Gasteiger partial charge in [-0.2, -0.15) is 0 Å². The summed E-state index contributed by atoms with van der Waals surface area (Å²) in [5.41, 5.74) is 1.19. The largest absolute Gasteiger partial charge is 0.507 e. The van der Waals surface area contributed by atoms with E-state index in [-0.39, 0.29) is 23.6 Å². The SMILES string of the molecule is CCN(CC)CCN1C(=O)C(=O)/C(=C(/O)c2ccc(OC)cc2C)[C@@H]1c1cccc([N+](=O)[O-])c1. The predicted octanol–water partition coefficient (Wildman–Crippen LogP) is 3.68. The van der Waals surface area contributed by atoms with E-state index in [2.05, 4.69) is 4.90 Å². The van der Waals surface area contributed by atoms with E-state index in [9.17, 15) is 24.8 Å². The number of non-ortho nitro benzene ring substituents is 1. The molecule has 0 bridgehead atoms. The van der Waals surface area contributed by atoms with Gasteiger partial charge in [-0.15, -0.1) is 0 Å². The Kier molecular flexibility index (Phi) is 7.68. The number of nitro benzene ring substituents is 1. The molecule has 180 valence electrons. The van der Waals surface area contributed by atoms with E-state index in [4.69, 9.17) is 4.74 Å². The number of hydrogen-bond donors (Lipinski definition) is 1. The highest BCUT2D eigenvalue weighted by atomic mass is 16.6.